The molecule has 3 aromatic rings. The maximum atomic E-state index is 12.8. The van der Waals surface area contributed by atoms with Crippen molar-refractivity contribution >= 4 is 51.6 Å². The van der Waals surface area contributed by atoms with Crippen LogP contribution in [0.25, 0.3) is 22.0 Å². The highest BCUT2D eigenvalue weighted by Gasteiger charge is 2.23. The number of carbonyl (C=O) groups is 2. The van der Waals surface area contributed by atoms with E-state index in [4.69, 9.17) is 23.2 Å². The van der Waals surface area contributed by atoms with Crippen molar-refractivity contribution in [2.75, 3.05) is 31.5 Å². The third kappa shape index (κ3) is 5.06. The van der Waals surface area contributed by atoms with Crippen molar-refractivity contribution in [2.45, 2.75) is 45.2 Å². The zero-order valence-corrected chi connectivity index (χ0v) is 21.0. The van der Waals surface area contributed by atoms with E-state index in [-0.39, 0.29) is 18.4 Å². The predicted molar refractivity (Wildman–Crippen MR) is 135 cm³/mol. The van der Waals surface area contributed by atoms with Crippen LogP contribution < -0.4 is 5.32 Å². The Morgan fingerprint density at radius 3 is 2.34 bits per heavy atom. The first kappa shape index (κ1) is 23.8. The van der Waals surface area contributed by atoms with Crippen LogP contribution in [0.3, 0.4) is 0 Å². The molecule has 2 aliphatic rings. The molecule has 2 fully saturated rings. The molecule has 2 aromatic heterocycles. The molecular weight excluding hydrogens is 489 g/mol. The first-order valence-electron chi connectivity index (χ1n) is 11.9. The Morgan fingerprint density at radius 2 is 1.66 bits per heavy atom. The van der Waals surface area contributed by atoms with Gasteiger partial charge in [-0.05, 0) is 25.0 Å². The molecule has 0 spiro atoms. The number of nitrogens with one attached hydrogen (secondary N) is 1. The maximum absolute atomic E-state index is 12.8. The van der Waals surface area contributed by atoms with Gasteiger partial charge >= 0.3 is 0 Å². The molecule has 1 aromatic carbocycles. The number of hydrogen-bond donors (Lipinski definition) is 1. The van der Waals surface area contributed by atoms with Gasteiger partial charge in [-0.15, -0.1) is 10.2 Å². The minimum Gasteiger partial charge on any atom is -0.365 e. The molecule has 0 bridgehead atoms. The Morgan fingerprint density at radius 1 is 1.00 bits per heavy atom. The summed E-state index contributed by atoms with van der Waals surface area (Å²) in [5.74, 6) is 0.694. The van der Waals surface area contributed by atoms with E-state index < -0.39 is 0 Å². The molecule has 35 heavy (non-hydrogen) atoms. The second-order valence-electron chi connectivity index (χ2n) is 9.15. The minimum atomic E-state index is -0.0373. The molecule has 0 unspecified atom stereocenters. The Bertz CT molecular complexity index is 1260. The average molecular weight is 516 g/mol. The van der Waals surface area contributed by atoms with Crippen molar-refractivity contribution < 1.29 is 9.59 Å². The van der Waals surface area contributed by atoms with Gasteiger partial charge in [0.25, 0.3) is 0 Å². The van der Waals surface area contributed by atoms with Crippen LogP contribution in [0.5, 0.6) is 0 Å². The molecule has 2 amide bonds. The second kappa shape index (κ2) is 9.99. The van der Waals surface area contributed by atoms with E-state index in [1.807, 2.05) is 6.07 Å². The van der Waals surface area contributed by atoms with Crippen molar-refractivity contribution in [1.29, 1.82) is 0 Å². The van der Waals surface area contributed by atoms with E-state index in [0.29, 0.717) is 53.8 Å². The van der Waals surface area contributed by atoms with Crippen molar-refractivity contribution in [1.82, 2.24) is 29.8 Å². The lowest BCUT2D eigenvalue weighted by molar-refractivity contribution is -0.138. The van der Waals surface area contributed by atoms with Crippen molar-refractivity contribution in [2.24, 2.45) is 0 Å². The van der Waals surface area contributed by atoms with Gasteiger partial charge in [0.2, 0.25) is 11.8 Å². The zero-order chi connectivity index (χ0) is 24.5. The first-order chi connectivity index (χ1) is 16.9. The highest BCUT2D eigenvalue weighted by Crippen LogP contribution is 2.36. The molecule has 1 saturated carbocycles. The SMILES string of the molecule is CC(=O)N1CCN(C(=O)Cn2cc(-c3nnc(NC4CCCC4)c4cc(Cl)c(Cl)cc34)cn2)CC1. The minimum absolute atomic E-state index is 0.0352. The second-order valence-corrected chi connectivity index (χ2v) is 9.96. The fourth-order valence-electron chi connectivity index (χ4n) is 4.81. The maximum Gasteiger partial charge on any atom is 0.244 e. The van der Waals surface area contributed by atoms with E-state index >= 15 is 0 Å². The molecule has 1 N–H and O–H groups in total. The smallest absolute Gasteiger partial charge is 0.244 e. The molecule has 0 radical (unpaired) electrons. The van der Waals surface area contributed by atoms with Gasteiger partial charge in [-0.3, -0.25) is 14.3 Å². The summed E-state index contributed by atoms with van der Waals surface area (Å²) in [6.07, 6.45) is 8.10. The molecule has 184 valence electrons. The fraction of sp³-hybridized carbons (Fsp3) is 0.458. The number of aromatic nitrogens is 4. The predicted octanol–water partition coefficient (Wildman–Crippen LogP) is 3.85. The molecule has 1 aliphatic heterocycles. The summed E-state index contributed by atoms with van der Waals surface area (Å²) in [6, 6.07) is 4.00. The third-order valence-corrected chi connectivity index (χ3v) is 7.52. The Labute approximate surface area is 213 Å². The third-order valence-electron chi connectivity index (χ3n) is 6.80. The molecule has 9 nitrogen and oxygen atoms in total. The molecule has 1 saturated heterocycles. The number of amides is 2. The summed E-state index contributed by atoms with van der Waals surface area (Å²) in [5.41, 5.74) is 1.37. The van der Waals surface area contributed by atoms with Gasteiger partial charge in [-0.25, -0.2) is 0 Å². The van der Waals surface area contributed by atoms with Crippen LogP contribution in [-0.4, -0.2) is 73.8 Å². The molecule has 3 heterocycles. The highest BCUT2D eigenvalue weighted by atomic mass is 35.5. The number of hydrogen-bond acceptors (Lipinski definition) is 6. The fourth-order valence-corrected chi connectivity index (χ4v) is 5.14. The molecule has 11 heteroatoms. The number of rotatable bonds is 5. The Hall–Kier alpha value is -2.91. The number of fused-ring (bicyclic) bond motifs is 1. The number of piperazine rings is 1. The number of halogens is 2. The monoisotopic (exact) mass is 515 g/mol. The summed E-state index contributed by atoms with van der Waals surface area (Å²) in [4.78, 5) is 27.8. The van der Waals surface area contributed by atoms with Gasteiger partial charge in [0, 0.05) is 61.7 Å². The van der Waals surface area contributed by atoms with Crippen molar-refractivity contribution in [3.63, 3.8) is 0 Å². The quantitative estimate of drug-likeness (QED) is 0.554. The topological polar surface area (TPSA) is 96.3 Å². The Balaban J connectivity index is 1.37. The lowest BCUT2D eigenvalue weighted by atomic mass is 10.1. The number of anilines is 1. The van der Waals surface area contributed by atoms with Crippen LogP contribution in [0.15, 0.2) is 24.5 Å². The summed E-state index contributed by atoms with van der Waals surface area (Å²) in [7, 11) is 0. The van der Waals surface area contributed by atoms with Gasteiger partial charge < -0.3 is 15.1 Å². The molecular formula is C24H27Cl2N7O2. The first-order valence-corrected chi connectivity index (χ1v) is 12.6. The molecule has 0 atom stereocenters. The Kier molecular flexibility index (Phi) is 6.80. The van der Waals surface area contributed by atoms with Gasteiger partial charge in [-0.2, -0.15) is 5.10 Å². The summed E-state index contributed by atoms with van der Waals surface area (Å²) in [5, 5.41) is 19.4. The van der Waals surface area contributed by atoms with Crippen LogP contribution in [0.4, 0.5) is 5.82 Å². The molecule has 1 aliphatic carbocycles. The van der Waals surface area contributed by atoms with Crippen LogP contribution in [0, 0.1) is 0 Å². The van der Waals surface area contributed by atoms with Crippen molar-refractivity contribution in [3.05, 3.63) is 34.6 Å². The lowest BCUT2D eigenvalue weighted by Gasteiger charge is -2.34. The van der Waals surface area contributed by atoms with Gasteiger partial charge in [0.15, 0.2) is 5.82 Å². The standard InChI is InChI=1S/C24H27Cl2N7O2/c1-15(34)31-6-8-32(9-7-31)22(35)14-33-13-16(12-27-33)23-18-10-20(25)21(26)11-19(18)24(30-29-23)28-17-4-2-3-5-17/h10-13,17H,2-9,14H2,1H3,(H,28,30). The van der Waals surface area contributed by atoms with Crippen LogP contribution in [0.1, 0.15) is 32.6 Å². The lowest BCUT2D eigenvalue weighted by Crippen LogP contribution is -2.50. The zero-order valence-electron chi connectivity index (χ0n) is 19.5. The average Bonchev–Trinajstić information content (AvgIpc) is 3.53. The molecule has 5 rings (SSSR count). The van der Waals surface area contributed by atoms with Crippen LogP contribution in [0.2, 0.25) is 10.0 Å². The van der Waals surface area contributed by atoms with E-state index in [0.717, 1.165) is 29.2 Å². The summed E-state index contributed by atoms with van der Waals surface area (Å²) < 4.78 is 1.60. The van der Waals surface area contributed by atoms with Gasteiger partial charge in [0.1, 0.15) is 12.2 Å². The number of benzene rings is 1. The van der Waals surface area contributed by atoms with Crippen molar-refractivity contribution in [3.8, 4) is 11.3 Å². The summed E-state index contributed by atoms with van der Waals surface area (Å²) >= 11 is 12.7. The summed E-state index contributed by atoms with van der Waals surface area (Å²) in [6.45, 7) is 3.82. The number of nitrogens with zero attached hydrogens (tertiary/aromatic N) is 6. The van der Waals surface area contributed by atoms with Crippen LogP contribution in [-0.2, 0) is 16.1 Å². The van der Waals surface area contributed by atoms with Crippen LogP contribution >= 0.6 is 23.2 Å². The highest BCUT2D eigenvalue weighted by molar-refractivity contribution is 6.43. The van der Waals surface area contributed by atoms with Gasteiger partial charge in [-0.1, -0.05) is 36.0 Å². The largest absolute Gasteiger partial charge is 0.365 e. The van der Waals surface area contributed by atoms with E-state index in [1.165, 1.54) is 12.8 Å². The van der Waals surface area contributed by atoms with E-state index in [9.17, 15) is 9.59 Å². The van der Waals surface area contributed by atoms with Gasteiger partial charge in [0.05, 0.1) is 16.2 Å². The van der Waals surface area contributed by atoms with E-state index in [2.05, 4.69) is 20.6 Å². The normalized spacial score (nSPS) is 16.8. The number of carbonyl (C=O) groups excluding carboxylic acids is 2. The van der Waals surface area contributed by atoms with E-state index in [1.54, 1.807) is 39.9 Å².